The van der Waals surface area contributed by atoms with E-state index < -0.39 is 0 Å². The summed E-state index contributed by atoms with van der Waals surface area (Å²) in [6, 6.07) is 6.78. The van der Waals surface area contributed by atoms with Crippen molar-refractivity contribution >= 4 is 5.69 Å². The van der Waals surface area contributed by atoms with Crippen LogP contribution in [0.4, 0.5) is 5.69 Å². The van der Waals surface area contributed by atoms with Crippen molar-refractivity contribution in [2.75, 3.05) is 5.32 Å². The van der Waals surface area contributed by atoms with Gasteiger partial charge in [-0.05, 0) is 44.0 Å². The third kappa shape index (κ3) is 2.87. The summed E-state index contributed by atoms with van der Waals surface area (Å²) >= 11 is 0. The highest BCUT2D eigenvalue weighted by molar-refractivity contribution is 5.49. The molecule has 0 bridgehead atoms. The topological polar surface area (TPSA) is 29.9 Å². The van der Waals surface area contributed by atoms with E-state index in [2.05, 4.69) is 49.4 Å². The van der Waals surface area contributed by atoms with Crippen LogP contribution in [0.15, 0.2) is 30.6 Å². The molecule has 2 rings (SSSR count). The zero-order chi connectivity index (χ0) is 12.4. The third-order valence-electron chi connectivity index (χ3n) is 2.83. The summed E-state index contributed by atoms with van der Waals surface area (Å²) in [4.78, 5) is 0. The highest BCUT2D eigenvalue weighted by atomic mass is 15.2. The Kier molecular flexibility index (Phi) is 3.18. The van der Waals surface area contributed by atoms with E-state index in [0.717, 1.165) is 0 Å². The van der Waals surface area contributed by atoms with Crippen molar-refractivity contribution in [3.05, 3.63) is 47.3 Å². The van der Waals surface area contributed by atoms with Gasteiger partial charge in [-0.3, -0.25) is 4.68 Å². The minimum atomic E-state index is 0.268. The Morgan fingerprint density at radius 2 is 1.82 bits per heavy atom. The van der Waals surface area contributed by atoms with Crippen LogP contribution in [-0.4, -0.2) is 9.78 Å². The molecule has 1 aromatic carbocycles. The van der Waals surface area contributed by atoms with E-state index in [1.807, 2.05) is 24.1 Å². The summed E-state index contributed by atoms with van der Waals surface area (Å²) in [5.41, 5.74) is 4.93. The largest absolute Gasteiger partial charge is 0.378 e. The number of anilines is 1. The summed E-state index contributed by atoms with van der Waals surface area (Å²) in [6.07, 6.45) is 3.95. The number of nitrogens with one attached hydrogen (secondary N) is 1. The maximum Gasteiger partial charge on any atom is 0.0542 e. The van der Waals surface area contributed by atoms with Gasteiger partial charge in [0.25, 0.3) is 0 Å². The van der Waals surface area contributed by atoms with Gasteiger partial charge in [-0.25, -0.2) is 0 Å². The van der Waals surface area contributed by atoms with Gasteiger partial charge in [-0.15, -0.1) is 0 Å². The van der Waals surface area contributed by atoms with Crippen LogP contribution in [0.5, 0.6) is 0 Å². The van der Waals surface area contributed by atoms with Crippen molar-refractivity contribution in [2.24, 2.45) is 7.05 Å². The molecule has 3 heteroatoms. The maximum absolute atomic E-state index is 4.19. The van der Waals surface area contributed by atoms with Crippen LogP contribution in [-0.2, 0) is 7.05 Å². The van der Waals surface area contributed by atoms with Crippen molar-refractivity contribution < 1.29 is 0 Å². The van der Waals surface area contributed by atoms with Crippen molar-refractivity contribution in [3.8, 4) is 0 Å². The SMILES string of the molecule is Cc1cc(C)cc(NC(C)c2cnn(C)c2)c1. The number of rotatable bonds is 3. The summed E-state index contributed by atoms with van der Waals surface area (Å²) in [5, 5.41) is 7.69. The monoisotopic (exact) mass is 229 g/mol. The molecule has 1 heterocycles. The molecule has 3 nitrogen and oxygen atoms in total. The van der Waals surface area contributed by atoms with E-state index in [-0.39, 0.29) is 6.04 Å². The van der Waals surface area contributed by atoms with Gasteiger partial charge in [0.15, 0.2) is 0 Å². The van der Waals surface area contributed by atoms with Crippen LogP contribution in [0.3, 0.4) is 0 Å². The average molecular weight is 229 g/mol. The molecule has 0 aliphatic carbocycles. The minimum absolute atomic E-state index is 0.268. The lowest BCUT2D eigenvalue weighted by molar-refractivity contribution is 0.765. The second-order valence-electron chi connectivity index (χ2n) is 4.69. The minimum Gasteiger partial charge on any atom is -0.378 e. The molecule has 1 N–H and O–H groups in total. The predicted octanol–water partition coefficient (Wildman–Crippen LogP) is 3.21. The first-order chi connectivity index (χ1) is 8.04. The molecule has 0 saturated carbocycles. The molecule has 1 unspecified atom stereocenters. The van der Waals surface area contributed by atoms with Gasteiger partial charge >= 0.3 is 0 Å². The molecule has 0 aliphatic rings. The highest BCUT2D eigenvalue weighted by Gasteiger charge is 2.07. The smallest absolute Gasteiger partial charge is 0.0542 e. The summed E-state index contributed by atoms with van der Waals surface area (Å²) in [6.45, 7) is 6.38. The number of aryl methyl sites for hydroxylation is 3. The lowest BCUT2D eigenvalue weighted by Crippen LogP contribution is -2.06. The standard InChI is InChI=1S/C14H19N3/c1-10-5-11(2)7-14(6-10)16-12(3)13-8-15-17(4)9-13/h5-9,12,16H,1-4H3. The molecule has 2 aromatic rings. The second-order valence-corrected chi connectivity index (χ2v) is 4.69. The number of hydrogen-bond donors (Lipinski definition) is 1. The lowest BCUT2D eigenvalue weighted by atomic mass is 10.1. The summed E-state index contributed by atoms with van der Waals surface area (Å²) < 4.78 is 1.83. The normalized spacial score (nSPS) is 12.5. The molecule has 0 spiro atoms. The molecule has 0 radical (unpaired) electrons. The van der Waals surface area contributed by atoms with Gasteiger partial charge in [-0.1, -0.05) is 6.07 Å². The quantitative estimate of drug-likeness (QED) is 0.875. The van der Waals surface area contributed by atoms with E-state index in [9.17, 15) is 0 Å². The van der Waals surface area contributed by atoms with E-state index >= 15 is 0 Å². The van der Waals surface area contributed by atoms with E-state index in [0.29, 0.717) is 0 Å². The molecule has 0 saturated heterocycles. The predicted molar refractivity (Wildman–Crippen MR) is 71.2 cm³/mol. The molecule has 0 aliphatic heterocycles. The number of aromatic nitrogens is 2. The molecule has 17 heavy (non-hydrogen) atoms. The fourth-order valence-corrected chi connectivity index (χ4v) is 2.06. The van der Waals surface area contributed by atoms with Crippen molar-refractivity contribution in [3.63, 3.8) is 0 Å². The van der Waals surface area contributed by atoms with E-state index in [1.54, 1.807) is 0 Å². The zero-order valence-electron chi connectivity index (χ0n) is 10.9. The molecule has 1 aromatic heterocycles. The number of hydrogen-bond acceptors (Lipinski definition) is 2. The van der Waals surface area contributed by atoms with Gasteiger partial charge in [0.2, 0.25) is 0 Å². The fourth-order valence-electron chi connectivity index (χ4n) is 2.06. The highest BCUT2D eigenvalue weighted by Crippen LogP contribution is 2.20. The zero-order valence-corrected chi connectivity index (χ0v) is 10.9. The molecule has 1 atom stereocenters. The van der Waals surface area contributed by atoms with E-state index in [4.69, 9.17) is 0 Å². The Morgan fingerprint density at radius 1 is 1.18 bits per heavy atom. The molecule has 0 fully saturated rings. The van der Waals surface area contributed by atoms with Crippen LogP contribution in [0.2, 0.25) is 0 Å². The summed E-state index contributed by atoms with van der Waals surface area (Å²) in [7, 11) is 1.94. The van der Waals surface area contributed by atoms with Crippen molar-refractivity contribution in [1.82, 2.24) is 9.78 Å². The summed E-state index contributed by atoms with van der Waals surface area (Å²) in [5.74, 6) is 0. The Labute approximate surface area is 102 Å². The van der Waals surface area contributed by atoms with Crippen LogP contribution < -0.4 is 5.32 Å². The Morgan fingerprint density at radius 3 is 2.35 bits per heavy atom. The Hall–Kier alpha value is -1.77. The Balaban J connectivity index is 2.15. The van der Waals surface area contributed by atoms with Crippen molar-refractivity contribution in [2.45, 2.75) is 26.8 Å². The third-order valence-corrected chi connectivity index (χ3v) is 2.83. The van der Waals surface area contributed by atoms with Crippen LogP contribution in [0, 0.1) is 13.8 Å². The van der Waals surface area contributed by atoms with Crippen LogP contribution in [0.25, 0.3) is 0 Å². The van der Waals surface area contributed by atoms with Crippen molar-refractivity contribution in [1.29, 1.82) is 0 Å². The lowest BCUT2D eigenvalue weighted by Gasteiger charge is -2.14. The van der Waals surface area contributed by atoms with Gasteiger partial charge in [0, 0.05) is 24.5 Å². The first-order valence-electron chi connectivity index (χ1n) is 5.88. The van der Waals surface area contributed by atoms with Gasteiger partial charge in [0.1, 0.15) is 0 Å². The van der Waals surface area contributed by atoms with Gasteiger partial charge < -0.3 is 5.32 Å². The molecule has 0 amide bonds. The van der Waals surface area contributed by atoms with E-state index in [1.165, 1.54) is 22.4 Å². The molecular weight excluding hydrogens is 210 g/mol. The fraction of sp³-hybridized carbons (Fsp3) is 0.357. The van der Waals surface area contributed by atoms with Crippen LogP contribution >= 0.6 is 0 Å². The molecule has 90 valence electrons. The first kappa shape index (κ1) is 11.7. The first-order valence-corrected chi connectivity index (χ1v) is 5.88. The average Bonchev–Trinajstić information content (AvgIpc) is 2.63. The van der Waals surface area contributed by atoms with Gasteiger partial charge in [-0.2, -0.15) is 5.10 Å². The van der Waals surface area contributed by atoms with Crippen LogP contribution in [0.1, 0.15) is 29.7 Å². The molecular formula is C14H19N3. The van der Waals surface area contributed by atoms with Gasteiger partial charge in [0.05, 0.1) is 12.2 Å². The second kappa shape index (κ2) is 4.62. The number of nitrogens with zero attached hydrogens (tertiary/aromatic N) is 2. The maximum atomic E-state index is 4.19. The number of benzene rings is 1. The Bertz CT molecular complexity index is 494.